The van der Waals surface area contributed by atoms with Gasteiger partial charge in [-0.25, -0.2) is 0 Å². The van der Waals surface area contributed by atoms with Gasteiger partial charge in [0.05, 0.1) is 11.5 Å². The number of hydrogen-bond acceptors (Lipinski definition) is 1. The van der Waals surface area contributed by atoms with Crippen molar-refractivity contribution in [3.05, 3.63) is 34.3 Å². The van der Waals surface area contributed by atoms with Crippen LogP contribution in [0.25, 0.3) is 0 Å². The molecule has 2 heteroatoms. The highest BCUT2D eigenvalue weighted by Crippen LogP contribution is 2.23. The van der Waals surface area contributed by atoms with Crippen molar-refractivity contribution in [3.63, 3.8) is 0 Å². The van der Waals surface area contributed by atoms with Gasteiger partial charge in [-0.3, -0.25) is 0 Å². The van der Waals surface area contributed by atoms with E-state index in [0.29, 0.717) is 0 Å². The van der Waals surface area contributed by atoms with Crippen LogP contribution in [0, 0.1) is 11.3 Å². The predicted molar refractivity (Wildman–Crippen MR) is 64.1 cm³/mol. The zero-order valence-corrected chi connectivity index (χ0v) is 10.7. The van der Waals surface area contributed by atoms with Crippen molar-refractivity contribution in [3.8, 4) is 6.07 Å². The van der Waals surface area contributed by atoms with Crippen LogP contribution in [0.2, 0.25) is 0 Å². The number of halogens is 1. The van der Waals surface area contributed by atoms with Crippen LogP contribution in [-0.2, 0) is 5.41 Å². The van der Waals surface area contributed by atoms with E-state index >= 15 is 0 Å². The maximum absolute atomic E-state index is 8.86. The average molecular weight is 254 g/mol. The van der Waals surface area contributed by atoms with Gasteiger partial charge < -0.3 is 0 Å². The van der Waals surface area contributed by atoms with Gasteiger partial charge in [0.1, 0.15) is 0 Å². The summed E-state index contributed by atoms with van der Waals surface area (Å²) in [5, 5.41) is 8.86. The summed E-state index contributed by atoms with van der Waals surface area (Å²) in [6.07, 6.45) is 0. The molecule has 0 atom stereocenters. The van der Waals surface area contributed by atoms with Crippen LogP contribution in [0.3, 0.4) is 0 Å². The van der Waals surface area contributed by atoms with Crippen LogP contribution in [0.1, 0.15) is 33.3 Å². The molecule has 0 bridgehead atoms. The van der Waals surface area contributed by atoms with E-state index in [-0.39, 0.29) is 5.41 Å². The molecule has 0 aliphatic rings. The third kappa shape index (κ3) is 3.51. The summed E-state index contributed by atoms with van der Waals surface area (Å²) in [7, 11) is 0. The molecule has 0 saturated heterocycles. The maximum atomic E-state index is 8.86. The Labute approximate surface area is 94.9 Å². The quantitative estimate of drug-likeness (QED) is 0.733. The lowest BCUT2D eigenvalue weighted by Crippen LogP contribution is -2.13. The van der Waals surface area contributed by atoms with Crippen LogP contribution in [0.4, 0.5) is 0 Å². The molecule has 0 saturated carbocycles. The van der Waals surface area contributed by atoms with Gasteiger partial charge in [0.15, 0.2) is 0 Å². The fraction of sp³-hybridized carbons (Fsp3) is 0.417. The second-order valence-corrected chi connectivity index (χ2v) is 4.16. The number of hydrogen-bond donors (Lipinski definition) is 0. The molecule has 0 aliphatic carbocycles. The van der Waals surface area contributed by atoms with Crippen molar-refractivity contribution in [2.24, 2.45) is 0 Å². The molecule has 0 amide bonds. The molecule has 1 nitrogen and oxygen atoms in total. The first-order valence-electron chi connectivity index (χ1n) is 4.73. The van der Waals surface area contributed by atoms with Crippen molar-refractivity contribution in [1.29, 1.82) is 5.26 Å². The van der Waals surface area contributed by atoms with E-state index in [1.807, 2.05) is 52.0 Å². The molecule has 1 rings (SSSR count). The Bertz CT molecular complexity index is 306. The van der Waals surface area contributed by atoms with Gasteiger partial charge in [0.25, 0.3) is 0 Å². The summed E-state index contributed by atoms with van der Waals surface area (Å²) in [6, 6.07) is 10.1. The first kappa shape index (κ1) is 13.2. The van der Waals surface area contributed by atoms with E-state index in [4.69, 9.17) is 5.26 Å². The fourth-order valence-corrected chi connectivity index (χ4v) is 1.20. The highest BCUT2D eigenvalue weighted by Gasteiger charge is 2.18. The lowest BCUT2D eigenvalue weighted by Gasteiger charge is -2.15. The fourth-order valence-electron chi connectivity index (χ4n) is 0.931. The van der Waals surface area contributed by atoms with Crippen molar-refractivity contribution < 1.29 is 0 Å². The molecule has 0 aliphatic heterocycles. The minimum atomic E-state index is -0.388. The molecule has 0 spiro atoms. The summed E-state index contributed by atoms with van der Waals surface area (Å²) >= 11 is 3.35. The monoisotopic (exact) mass is 253 g/mol. The topological polar surface area (TPSA) is 23.8 Å². The second kappa shape index (κ2) is 5.82. The maximum Gasteiger partial charge on any atom is 0.0766 e. The smallest absolute Gasteiger partial charge is 0.0766 e. The van der Waals surface area contributed by atoms with Gasteiger partial charge in [0.2, 0.25) is 0 Å². The van der Waals surface area contributed by atoms with Crippen LogP contribution in [-0.4, -0.2) is 0 Å². The number of nitrogens with zero attached hydrogens (tertiary/aromatic N) is 1. The number of nitriles is 1. The lowest BCUT2D eigenvalue weighted by atomic mass is 9.87. The number of benzene rings is 1. The van der Waals surface area contributed by atoms with Gasteiger partial charge >= 0.3 is 0 Å². The molecule has 0 N–H and O–H groups in total. The molecule has 1 aromatic rings. The summed E-state index contributed by atoms with van der Waals surface area (Å²) < 4.78 is 1.04. The Kier molecular flexibility index (Phi) is 5.49. The molecular formula is C12H16BrN. The van der Waals surface area contributed by atoms with Crippen molar-refractivity contribution in [2.45, 2.75) is 33.1 Å². The highest BCUT2D eigenvalue weighted by atomic mass is 79.9. The normalized spacial score (nSPS) is 9.71. The predicted octanol–water partition coefficient (Wildman–Crippen LogP) is 4.28. The molecule has 0 heterocycles. The third-order valence-electron chi connectivity index (χ3n) is 1.85. The van der Waals surface area contributed by atoms with Crippen molar-refractivity contribution >= 4 is 15.9 Å². The molecule has 14 heavy (non-hydrogen) atoms. The van der Waals surface area contributed by atoms with Crippen LogP contribution < -0.4 is 0 Å². The van der Waals surface area contributed by atoms with Gasteiger partial charge in [-0.05, 0) is 31.5 Å². The summed E-state index contributed by atoms with van der Waals surface area (Å²) in [6.45, 7) is 7.83. The van der Waals surface area contributed by atoms with E-state index < -0.39 is 0 Å². The standard InChI is InChI=1S/C10H10BrN.C2H6/c1-10(2,7-12)8-3-5-9(11)6-4-8;1-2/h3-6H,1-2H3;1-2H3. The van der Waals surface area contributed by atoms with Gasteiger partial charge in [0, 0.05) is 4.47 Å². The van der Waals surface area contributed by atoms with E-state index in [0.717, 1.165) is 10.0 Å². The van der Waals surface area contributed by atoms with E-state index in [1.54, 1.807) is 0 Å². The van der Waals surface area contributed by atoms with E-state index in [2.05, 4.69) is 22.0 Å². The molecule has 0 unspecified atom stereocenters. The molecule has 0 aromatic heterocycles. The van der Waals surface area contributed by atoms with Gasteiger partial charge in [-0.1, -0.05) is 41.9 Å². The van der Waals surface area contributed by atoms with Crippen molar-refractivity contribution in [1.82, 2.24) is 0 Å². The van der Waals surface area contributed by atoms with E-state index in [1.165, 1.54) is 0 Å². The SMILES string of the molecule is CC.CC(C)(C#N)c1ccc(Br)cc1. The Morgan fingerprint density at radius 2 is 1.57 bits per heavy atom. The zero-order chi connectivity index (χ0) is 11.2. The third-order valence-corrected chi connectivity index (χ3v) is 2.37. The van der Waals surface area contributed by atoms with Crippen LogP contribution in [0.15, 0.2) is 28.7 Å². The van der Waals surface area contributed by atoms with Gasteiger partial charge in [-0.2, -0.15) is 5.26 Å². The molecular weight excluding hydrogens is 238 g/mol. The molecule has 0 fully saturated rings. The highest BCUT2D eigenvalue weighted by molar-refractivity contribution is 9.10. The first-order valence-corrected chi connectivity index (χ1v) is 5.53. The average Bonchev–Trinajstić information content (AvgIpc) is 2.21. The van der Waals surface area contributed by atoms with Crippen molar-refractivity contribution in [2.75, 3.05) is 0 Å². The Morgan fingerprint density at radius 3 is 1.93 bits per heavy atom. The summed E-state index contributed by atoms with van der Waals surface area (Å²) in [4.78, 5) is 0. The van der Waals surface area contributed by atoms with Gasteiger partial charge in [-0.15, -0.1) is 0 Å². The summed E-state index contributed by atoms with van der Waals surface area (Å²) in [5.41, 5.74) is 0.661. The summed E-state index contributed by atoms with van der Waals surface area (Å²) in [5.74, 6) is 0. The molecule has 1 aromatic carbocycles. The minimum absolute atomic E-state index is 0.388. The minimum Gasteiger partial charge on any atom is -0.197 e. The second-order valence-electron chi connectivity index (χ2n) is 3.24. The van der Waals surface area contributed by atoms with Crippen LogP contribution in [0.5, 0.6) is 0 Å². The largest absolute Gasteiger partial charge is 0.197 e. The Balaban J connectivity index is 0.000000791. The van der Waals surface area contributed by atoms with Crippen LogP contribution >= 0.6 is 15.9 Å². The lowest BCUT2D eigenvalue weighted by molar-refractivity contribution is 0.687. The van der Waals surface area contributed by atoms with E-state index in [9.17, 15) is 0 Å². The Morgan fingerprint density at radius 1 is 1.14 bits per heavy atom. The first-order chi connectivity index (χ1) is 6.56. The Hall–Kier alpha value is -0.810. The molecule has 0 radical (unpaired) electrons. The molecule has 76 valence electrons. The number of rotatable bonds is 1. The zero-order valence-electron chi connectivity index (χ0n) is 9.13.